The van der Waals surface area contributed by atoms with Crippen LogP contribution in [0.1, 0.15) is 25.3 Å². The van der Waals surface area contributed by atoms with Gasteiger partial charge in [-0.25, -0.2) is 4.98 Å². The van der Waals surface area contributed by atoms with Gasteiger partial charge in [-0.05, 0) is 31.9 Å². The molecule has 0 aliphatic carbocycles. The van der Waals surface area contributed by atoms with Crippen LogP contribution in [0, 0.1) is 6.92 Å². The second kappa shape index (κ2) is 6.21. The monoisotopic (exact) mass is 233 g/mol. The number of rotatable bonds is 4. The Morgan fingerprint density at radius 3 is 2.59 bits per heavy atom. The largest absolute Gasteiger partial charge is 0.441 e. The van der Waals surface area contributed by atoms with E-state index in [1.54, 1.807) is 0 Å². The van der Waals surface area contributed by atoms with Gasteiger partial charge in [-0.1, -0.05) is 25.6 Å². The highest BCUT2D eigenvalue weighted by Crippen LogP contribution is 2.21. The second-order valence-electron chi connectivity index (χ2n) is 3.72. The number of aryl methyl sites for hydroxylation is 2. The average molecular weight is 233 g/mol. The van der Waals surface area contributed by atoms with E-state index in [1.807, 2.05) is 37.3 Å². The quantitative estimate of drug-likeness (QED) is 0.882. The molecule has 0 spiro atoms. The summed E-state index contributed by atoms with van der Waals surface area (Å²) in [7, 11) is 0. The Balaban J connectivity index is 0.00000144. The molecule has 0 saturated carbocycles. The van der Waals surface area contributed by atoms with E-state index in [0.29, 0.717) is 5.89 Å². The van der Waals surface area contributed by atoms with Crippen molar-refractivity contribution in [2.75, 3.05) is 6.61 Å². The molecule has 0 atom stereocenters. The topological polar surface area (TPSA) is 46.3 Å². The number of oxazole rings is 1. The van der Waals surface area contributed by atoms with Gasteiger partial charge in [0.2, 0.25) is 5.89 Å². The molecule has 2 rings (SSSR count). The predicted octanol–water partition coefficient (Wildman–Crippen LogP) is 3.21. The number of hydrogen-bond acceptors (Lipinski definition) is 3. The fourth-order valence-corrected chi connectivity index (χ4v) is 1.61. The third kappa shape index (κ3) is 3.17. The van der Waals surface area contributed by atoms with E-state index >= 15 is 0 Å². The molecule has 92 valence electrons. The molecule has 0 aliphatic rings. The van der Waals surface area contributed by atoms with Crippen LogP contribution in [-0.2, 0) is 6.42 Å². The molecule has 0 unspecified atom stereocenters. The predicted molar refractivity (Wildman–Crippen MR) is 68.8 cm³/mol. The zero-order valence-corrected chi connectivity index (χ0v) is 9.31. The molecule has 0 bridgehead atoms. The van der Waals surface area contributed by atoms with Crippen molar-refractivity contribution >= 4 is 0 Å². The van der Waals surface area contributed by atoms with E-state index < -0.39 is 0 Å². The van der Waals surface area contributed by atoms with Gasteiger partial charge in [-0.15, -0.1) is 0 Å². The van der Waals surface area contributed by atoms with Crippen molar-refractivity contribution in [2.45, 2.75) is 27.2 Å². The first-order valence-corrected chi connectivity index (χ1v) is 5.44. The third-order valence-corrected chi connectivity index (χ3v) is 2.49. The fraction of sp³-hybridized carbons (Fsp3) is 0.357. The van der Waals surface area contributed by atoms with Gasteiger partial charge in [0.25, 0.3) is 0 Å². The van der Waals surface area contributed by atoms with E-state index in [9.17, 15) is 0 Å². The Bertz CT molecular complexity index is 449. The van der Waals surface area contributed by atoms with Crippen LogP contribution < -0.4 is 0 Å². The smallest absolute Gasteiger partial charge is 0.226 e. The molecular formula is C14H19NO2. The van der Waals surface area contributed by atoms with E-state index in [0.717, 1.165) is 29.9 Å². The van der Waals surface area contributed by atoms with E-state index in [-0.39, 0.29) is 14.0 Å². The van der Waals surface area contributed by atoms with Crippen molar-refractivity contribution in [1.82, 2.24) is 4.98 Å². The number of aromatic nitrogens is 1. The summed E-state index contributed by atoms with van der Waals surface area (Å²) < 4.78 is 5.60. The van der Waals surface area contributed by atoms with Crippen molar-refractivity contribution < 1.29 is 9.52 Å². The minimum atomic E-state index is 0. The van der Waals surface area contributed by atoms with Gasteiger partial charge in [0, 0.05) is 12.2 Å². The molecule has 3 nitrogen and oxygen atoms in total. The summed E-state index contributed by atoms with van der Waals surface area (Å²) in [6.07, 6.45) is 1.49. The summed E-state index contributed by atoms with van der Waals surface area (Å²) >= 11 is 0. The van der Waals surface area contributed by atoms with Crippen LogP contribution in [0.3, 0.4) is 0 Å². The van der Waals surface area contributed by atoms with Crippen LogP contribution in [0.2, 0.25) is 0 Å². The molecular weight excluding hydrogens is 214 g/mol. The molecule has 0 fully saturated rings. The Morgan fingerprint density at radius 2 is 1.94 bits per heavy atom. The molecule has 1 aromatic heterocycles. The van der Waals surface area contributed by atoms with Gasteiger partial charge in [0.05, 0.1) is 5.69 Å². The van der Waals surface area contributed by atoms with Crippen molar-refractivity contribution in [2.24, 2.45) is 0 Å². The molecule has 0 amide bonds. The number of aliphatic hydroxyl groups excluding tert-OH is 1. The average Bonchev–Trinajstić information content (AvgIpc) is 2.69. The van der Waals surface area contributed by atoms with Gasteiger partial charge in [-0.3, -0.25) is 0 Å². The Morgan fingerprint density at radius 1 is 1.24 bits per heavy atom. The van der Waals surface area contributed by atoms with Crippen molar-refractivity contribution in [1.29, 1.82) is 0 Å². The van der Waals surface area contributed by atoms with Crippen LogP contribution in [0.4, 0.5) is 0 Å². The lowest BCUT2D eigenvalue weighted by molar-refractivity contribution is 0.288. The first-order chi connectivity index (χ1) is 7.81. The SMILES string of the molecule is C.Cc1oc(-c2ccccc2)nc1CCCO. The zero-order valence-electron chi connectivity index (χ0n) is 9.31. The van der Waals surface area contributed by atoms with Crippen molar-refractivity contribution in [3.8, 4) is 11.5 Å². The fourth-order valence-electron chi connectivity index (χ4n) is 1.61. The minimum Gasteiger partial charge on any atom is -0.441 e. The van der Waals surface area contributed by atoms with Gasteiger partial charge >= 0.3 is 0 Å². The van der Waals surface area contributed by atoms with Crippen LogP contribution in [0.25, 0.3) is 11.5 Å². The normalized spacial score (nSPS) is 10.0. The highest BCUT2D eigenvalue weighted by atomic mass is 16.4. The molecule has 0 saturated heterocycles. The number of nitrogens with zero attached hydrogens (tertiary/aromatic N) is 1. The first kappa shape index (κ1) is 13.5. The second-order valence-corrected chi connectivity index (χ2v) is 3.72. The lowest BCUT2D eigenvalue weighted by Gasteiger charge is -1.92. The summed E-state index contributed by atoms with van der Waals surface area (Å²) in [5.74, 6) is 1.50. The van der Waals surface area contributed by atoms with E-state index in [2.05, 4.69) is 4.98 Å². The van der Waals surface area contributed by atoms with Crippen LogP contribution >= 0.6 is 0 Å². The molecule has 2 aromatic rings. The maximum Gasteiger partial charge on any atom is 0.226 e. The summed E-state index contributed by atoms with van der Waals surface area (Å²) in [5.41, 5.74) is 1.92. The Labute approximate surface area is 102 Å². The summed E-state index contributed by atoms with van der Waals surface area (Å²) in [5, 5.41) is 8.78. The molecule has 1 heterocycles. The lowest BCUT2D eigenvalue weighted by atomic mass is 10.2. The van der Waals surface area contributed by atoms with E-state index in [4.69, 9.17) is 9.52 Å². The molecule has 3 heteroatoms. The molecule has 0 radical (unpaired) electrons. The van der Waals surface area contributed by atoms with Crippen molar-refractivity contribution in [3.05, 3.63) is 41.8 Å². The highest BCUT2D eigenvalue weighted by Gasteiger charge is 2.10. The Hall–Kier alpha value is -1.61. The van der Waals surface area contributed by atoms with Gasteiger partial charge in [0.15, 0.2) is 0 Å². The maximum absolute atomic E-state index is 8.78. The number of aliphatic hydroxyl groups is 1. The third-order valence-electron chi connectivity index (χ3n) is 2.49. The van der Waals surface area contributed by atoms with Gasteiger partial charge in [-0.2, -0.15) is 0 Å². The first-order valence-electron chi connectivity index (χ1n) is 5.44. The number of hydrogen-bond donors (Lipinski definition) is 1. The molecule has 1 N–H and O–H groups in total. The zero-order chi connectivity index (χ0) is 11.4. The van der Waals surface area contributed by atoms with E-state index in [1.165, 1.54) is 0 Å². The maximum atomic E-state index is 8.78. The number of benzene rings is 1. The standard InChI is InChI=1S/C13H15NO2.CH4/c1-10-12(8-5-9-15)14-13(16-10)11-6-3-2-4-7-11;/h2-4,6-7,15H,5,8-9H2,1H3;1H4. The van der Waals surface area contributed by atoms with Gasteiger partial charge < -0.3 is 9.52 Å². The molecule has 0 aliphatic heterocycles. The van der Waals surface area contributed by atoms with Crippen LogP contribution in [0.15, 0.2) is 34.7 Å². The highest BCUT2D eigenvalue weighted by molar-refractivity contribution is 5.53. The molecule has 17 heavy (non-hydrogen) atoms. The summed E-state index contributed by atoms with van der Waals surface area (Å²) in [6, 6.07) is 9.83. The Kier molecular flexibility index (Phi) is 4.91. The summed E-state index contributed by atoms with van der Waals surface area (Å²) in [6.45, 7) is 2.10. The molecule has 1 aromatic carbocycles. The lowest BCUT2D eigenvalue weighted by Crippen LogP contribution is -1.91. The minimum absolute atomic E-state index is 0. The van der Waals surface area contributed by atoms with Gasteiger partial charge in [0.1, 0.15) is 5.76 Å². The van der Waals surface area contributed by atoms with Crippen molar-refractivity contribution in [3.63, 3.8) is 0 Å². The van der Waals surface area contributed by atoms with Crippen LogP contribution in [0.5, 0.6) is 0 Å². The summed E-state index contributed by atoms with van der Waals surface area (Å²) in [4.78, 5) is 4.44. The van der Waals surface area contributed by atoms with Crippen LogP contribution in [-0.4, -0.2) is 16.7 Å².